The summed E-state index contributed by atoms with van der Waals surface area (Å²) < 4.78 is 46.3. The quantitative estimate of drug-likeness (QED) is 0.116. The number of aromatic hydroxyl groups is 2. The van der Waals surface area contributed by atoms with Crippen LogP contribution >= 0.6 is 23.2 Å². The molecule has 11 nitrogen and oxygen atoms in total. The van der Waals surface area contributed by atoms with Gasteiger partial charge in [-0.05, 0) is 91.3 Å². The summed E-state index contributed by atoms with van der Waals surface area (Å²) >= 11 is 12.6. The van der Waals surface area contributed by atoms with E-state index in [1.165, 1.54) is 23.1 Å². The second-order valence-corrected chi connectivity index (χ2v) is 15.7. The number of nitrogens with zero attached hydrogens (tertiary/aromatic N) is 3. The van der Waals surface area contributed by atoms with Gasteiger partial charge in [-0.2, -0.15) is 18.2 Å². The molecule has 0 radical (unpaired) electrons. The highest BCUT2D eigenvalue weighted by molar-refractivity contribution is 6.33. The third-order valence-corrected chi connectivity index (χ3v) is 12.4. The fourth-order valence-electron chi connectivity index (χ4n) is 9.33. The van der Waals surface area contributed by atoms with E-state index >= 15 is 4.79 Å². The third-order valence-electron chi connectivity index (χ3n) is 11.8. The molecule has 0 bridgehead atoms. The first-order valence-corrected chi connectivity index (χ1v) is 19.3. The lowest BCUT2D eigenvalue weighted by Gasteiger charge is -2.50. The number of allylic oxidation sites excluding steroid dienone is 2. The molecule has 3 heterocycles. The second kappa shape index (κ2) is 14.7. The maximum absolute atomic E-state index is 15.4. The number of amides is 4. The molecule has 0 unspecified atom stereocenters. The Morgan fingerprint density at radius 3 is 2.33 bits per heavy atom. The normalized spacial score (nSPS) is 25.3. The number of aromatic nitrogens is 1. The number of likely N-dealkylation sites (tertiary alicyclic amines) is 1. The Morgan fingerprint density at radius 1 is 0.931 bits per heavy atom. The predicted molar refractivity (Wildman–Crippen MR) is 205 cm³/mol. The van der Waals surface area contributed by atoms with Crippen LogP contribution in [-0.2, 0) is 37.2 Å². The zero-order valence-corrected chi connectivity index (χ0v) is 32.2. The molecule has 3 N–H and O–H groups in total. The number of phenols is 2. The van der Waals surface area contributed by atoms with E-state index in [1.54, 1.807) is 55.5 Å². The number of carbonyl (C=O) groups excluding carboxylic acids is 4. The number of anilines is 1. The molecule has 3 aromatic carbocycles. The number of rotatable bonds is 9. The molecule has 2 saturated heterocycles. The number of alkyl halides is 3. The lowest BCUT2D eigenvalue weighted by atomic mass is 9.49. The van der Waals surface area contributed by atoms with E-state index in [9.17, 15) is 37.8 Å². The van der Waals surface area contributed by atoms with Crippen molar-refractivity contribution in [2.45, 2.75) is 43.7 Å². The first-order chi connectivity index (χ1) is 27.6. The monoisotopic (exact) mass is 834 g/mol. The Hall–Kier alpha value is -5.60. The number of hydrogen-bond acceptors (Lipinski definition) is 9. The Kier molecular flexibility index (Phi) is 9.91. The van der Waals surface area contributed by atoms with Crippen molar-refractivity contribution in [1.82, 2.24) is 14.9 Å². The number of phenolic OH excluding ortho intramolecular Hbond substituents is 2. The van der Waals surface area contributed by atoms with Gasteiger partial charge >= 0.3 is 6.18 Å². The fraction of sp³-hybridized carbons (Fsp3) is 0.310. The lowest BCUT2D eigenvalue weighted by molar-refractivity contribution is -0.141. The summed E-state index contributed by atoms with van der Waals surface area (Å²) in [6.07, 6.45) is -1.90. The number of halogens is 5. The predicted octanol–water partition coefficient (Wildman–Crippen LogP) is 7.44. The van der Waals surface area contributed by atoms with Gasteiger partial charge in [0, 0.05) is 23.7 Å². The Balaban J connectivity index is 1.27. The Morgan fingerprint density at radius 2 is 1.66 bits per heavy atom. The molecule has 4 aromatic rings. The van der Waals surface area contributed by atoms with Crippen LogP contribution in [0.4, 0.5) is 19.0 Å². The summed E-state index contributed by atoms with van der Waals surface area (Å²) in [5.74, 6) is -7.16. The Labute approximate surface area is 340 Å². The average molecular weight is 836 g/mol. The zero-order chi connectivity index (χ0) is 41.3. The maximum atomic E-state index is 15.4. The summed E-state index contributed by atoms with van der Waals surface area (Å²) in [7, 11) is 0. The van der Waals surface area contributed by atoms with Crippen molar-refractivity contribution in [3.63, 3.8) is 0 Å². The molecular weight excluding hydrogens is 800 g/mol. The minimum absolute atomic E-state index is 0.0513. The van der Waals surface area contributed by atoms with Crippen LogP contribution in [0.25, 0.3) is 0 Å². The standard InChI is InChI=1S/C42H35Cl2F3N4O7/c1-2-58-33-17-22(5-14-32(33)53)35-27-12-13-28-34(39(56)50(37(28)54)16-15-21-3-10-26(52)11-4-21)29(27)19-30-38(55)51(40(57)41(30,35)23-6-8-25(43)9-7-23)49-36-31(44)18-24(20-48-36)42(45,46)47/h3-12,14,17-18,20,28-30,34-35,52-53H,2,13,15-16,19H2,1H3,(H,48,49)/t28-,29+,30-,34-,35-,41+/m0/s1. The topological polar surface area (TPSA) is 149 Å². The van der Waals surface area contributed by atoms with Gasteiger partial charge in [0.2, 0.25) is 11.8 Å². The van der Waals surface area contributed by atoms with Crippen molar-refractivity contribution >= 4 is 52.6 Å². The van der Waals surface area contributed by atoms with Gasteiger partial charge in [-0.1, -0.05) is 65.2 Å². The van der Waals surface area contributed by atoms with E-state index in [2.05, 4.69) is 10.4 Å². The van der Waals surface area contributed by atoms with Crippen molar-refractivity contribution in [1.29, 1.82) is 0 Å². The highest BCUT2D eigenvalue weighted by Crippen LogP contribution is 2.64. The summed E-state index contributed by atoms with van der Waals surface area (Å²) in [4.78, 5) is 63.8. The summed E-state index contributed by atoms with van der Waals surface area (Å²) in [6, 6.07) is 18.1. The second-order valence-electron chi connectivity index (χ2n) is 14.8. The van der Waals surface area contributed by atoms with Crippen molar-refractivity contribution in [2.75, 3.05) is 18.6 Å². The van der Waals surface area contributed by atoms with Crippen LogP contribution in [-0.4, -0.2) is 61.9 Å². The number of carbonyl (C=O) groups is 4. The van der Waals surface area contributed by atoms with Crippen LogP contribution < -0.4 is 10.2 Å². The molecule has 3 fully saturated rings. The number of fused-ring (bicyclic) bond motifs is 4. The number of nitrogens with one attached hydrogen (secondary N) is 1. The number of ether oxygens (including phenoxy) is 1. The number of pyridine rings is 1. The highest BCUT2D eigenvalue weighted by Gasteiger charge is 2.70. The van der Waals surface area contributed by atoms with Gasteiger partial charge in [-0.25, -0.2) is 4.98 Å². The van der Waals surface area contributed by atoms with E-state index in [-0.39, 0.29) is 55.0 Å². The van der Waals surface area contributed by atoms with Gasteiger partial charge < -0.3 is 14.9 Å². The van der Waals surface area contributed by atoms with Gasteiger partial charge in [-0.3, -0.25) is 29.5 Å². The van der Waals surface area contributed by atoms with Crippen LogP contribution in [0.3, 0.4) is 0 Å². The van der Waals surface area contributed by atoms with E-state index in [0.29, 0.717) is 40.4 Å². The molecule has 4 aliphatic rings. The van der Waals surface area contributed by atoms with Gasteiger partial charge in [0.05, 0.1) is 40.4 Å². The molecule has 1 saturated carbocycles. The van der Waals surface area contributed by atoms with Crippen molar-refractivity contribution in [3.05, 3.63) is 123 Å². The van der Waals surface area contributed by atoms with Gasteiger partial charge in [-0.15, -0.1) is 0 Å². The molecule has 8 rings (SSSR count). The number of benzene rings is 3. The van der Waals surface area contributed by atoms with Crippen LogP contribution in [0.2, 0.25) is 10.0 Å². The van der Waals surface area contributed by atoms with Gasteiger partial charge in [0.15, 0.2) is 17.3 Å². The SMILES string of the molecule is CCOc1cc([C@H]2C3=CC[C@@H]4C(=O)N(CCc5ccc(O)cc5)C(=O)[C@@H]4[C@@H]3C[C@H]3C(=O)N(Nc4ncc(C(F)(F)F)cc4Cl)C(=O)[C@@]23c2ccc(Cl)cc2)ccc1O. The third kappa shape index (κ3) is 6.33. The Bertz CT molecular complexity index is 2380. The molecule has 58 heavy (non-hydrogen) atoms. The smallest absolute Gasteiger partial charge is 0.417 e. The zero-order valence-electron chi connectivity index (χ0n) is 30.7. The summed E-state index contributed by atoms with van der Waals surface area (Å²) in [5, 5.41) is 21.1. The van der Waals surface area contributed by atoms with Crippen LogP contribution in [0.5, 0.6) is 17.2 Å². The molecule has 16 heteroatoms. The minimum Gasteiger partial charge on any atom is -0.508 e. The summed E-state index contributed by atoms with van der Waals surface area (Å²) in [5.41, 5.74) is 2.02. The molecule has 2 aliphatic carbocycles. The van der Waals surface area contributed by atoms with E-state index in [1.807, 2.05) is 6.08 Å². The molecular formula is C42H35Cl2F3N4O7. The number of imide groups is 2. The number of hydrogen-bond donors (Lipinski definition) is 3. The maximum Gasteiger partial charge on any atom is 0.417 e. The van der Waals surface area contributed by atoms with Gasteiger partial charge in [0.25, 0.3) is 11.8 Å². The largest absolute Gasteiger partial charge is 0.508 e. The van der Waals surface area contributed by atoms with E-state index < -0.39 is 69.5 Å². The van der Waals surface area contributed by atoms with E-state index in [4.69, 9.17) is 27.9 Å². The van der Waals surface area contributed by atoms with E-state index in [0.717, 1.165) is 10.6 Å². The molecule has 6 atom stereocenters. The molecule has 4 amide bonds. The molecule has 300 valence electrons. The molecule has 2 aliphatic heterocycles. The average Bonchev–Trinajstić information content (AvgIpc) is 3.56. The first-order valence-electron chi connectivity index (χ1n) is 18.6. The summed E-state index contributed by atoms with van der Waals surface area (Å²) in [6.45, 7) is 2.01. The van der Waals surface area contributed by atoms with Crippen molar-refractivity contribution < 1.29 is 47.3 Å². The van der Waals surface area contributed by atoms with Crippen molar-refractivity contribution in [3.8, 4) is 17.2 Å². The molecule has 1 aromatic heterocycles. The number of hydrazine groups is 1. The van der Waals surface area contributed by atoms with Crippen LogP contribution in [0, 0.1) is 23.7 Å². The van der Waals surface area contributed by atoms with Gasteiger partial charge in [0.1, 0.15) is 5.75 Å². The fourth-order valence-corrected chi connectivity index (χ4v) is 9.66. The van der Waals surface area contributed by atoms with Crippen LogP contribution in [0.1, 0.15) is 47.9 Å². The minimum atomic E-state index is -4.76. The lowest BCUT2D eigenvalue weighted by Crippen LogP contribution is -2.53. The highest BCUT2D eigenvalue weighted by atomic mass is 35.5. The molecule has 0 spiro atoms. The van der Waals surface area contributed by atoms with Crippen molar-refractivity contribution in [2.24, 2.45) is 23.7 Å². The van der Waals surface area contributed by atoms with Crippen LogP contribution in [0.15, 0.2) is 90.6 Å². The first kappa shape index (κ1) is 39.2.